The Kier molecular flexibility index (Phi) is 5.24. The average Bonchev–Trinajstić information content (AvgIpc) is 2.87. The van der Waals surface area contributed by atoms with Gasteiger partial charge in [0, 0.05) is 6.54 Å². The van der Waals surface area contributed by atoms with E-state index in [0.29, 0.717) is 22.9 Å². The van der Waals surface area contributed by atoms with E-state index >= 15 is 0 Å². The lowest BCUT2D eigenvalue weighted by molar-refractivity contribution is -0.122. The Morgan fingerprint density at radius 3 is 3.00 bits per heavy atom. The third kappa shape index (κ3) is 3.76. The number of nitrogens with zero attached hydrogens (tertiary/aromatic N) is 1. The maximum atomic E-state index is 12.0. The van der Waals surface area contributed by atoms with Crippen LogP contribution in [0.5, 0.6) is 0 Å². The van der Waals surface area contributed by atoms with Gasteiger partial charge in [0.25, 0.3) is 0 Å². The molecule has 0 saturated heterocycles. The van der Waals surface area contributed by atoms with Crippen LogP contribution in [0.1, 0.15) is 24.6 Å². The second-order valence-corrected chi connectivity index (χ2v) is 6.97. The van der Waals surface area contributed by atoms with Gasteiger partial charge in [-0.05, 0) is 12.5 Å². The Labute approximate surface area is 131 Å². The van der Waals surface area contributed by atoms with Gasteiger partial charge in [-0.3, -0.25) is 15.0 Å². The molecule has 2 rings (SSSR count). The number of amides is 2. The Morgan fingerprint density at radius 1 is 1.57 bits per heavy atom. The van der Waals surface area contributed by atoms with Crippen molar-refractivity contribution >= 4 is 46.4 Å². The SMILES string of the molecule is CCCCNC(=O)CN1C(=O)CSc2sc(C(=N)N)cc21. The number of hydrogen-bond acceptors (Lipinski definition) is 5. The summed E-state index contributed by atoms with van der Waals surface area (Å²) in [5.74, 6) is 0.0404. The molecular formula is C13H18N4O2S2. The van der Waals surface area contributed by atoms with E-state index in [-0.39, 0.29) is 24.2 Å². The molecule has 21 heavy (non-hydrogen) atoms. The van der Waals surface area contributed by atoms with Gasteiger partial charge in [-0.1, -0.05) is 13.3 Å². The minimum absolute atomic E-state index is 0.0180. The van der Waals surface area contributed by atoms with E-state index in [4.69, 9.17) is 11.1 Å². The van der Waals surface area contributed by atoms with Gasteiger partial charge in [-0.25, -0.2) is 0 Å². The van der Waals surface area contributed by atoms with Crippen LogP contribution in [0.2, 0.25) is 0 Å². The standard InChI is InChI=1S/C13H18N4O2S2/c1-2-3-4-16-10(18)6-17-8-5-9(12(14)15)21-13(8)20-7-11(17)19/h5H,2-4,6-7H2,1H3,(H3,14,15)(H,16,18). The van der Waals surface area contributed by atoms with Gasteiger partial charge in [-0.15, -0.1) is 23.1 Å². The van der Waals surface area contributed by atoms with Crippen LogP contribution < -0.4 is 16.0 Å². The zero-order chi connectivity index (χ0) is 15.4. The number of unbranched alkanes of at least 4 members (excludes halogenated alkanes) is 1. The molecule has 1 aliphatic heterocycles. The lowest BCUT2D eigenvalue weighted by Crippen LogP contribution is -2.43. The number of carbonyl (C=O) groups is 2. The molecule has 4 N–H and O–H groups in total. The highest BCUT2D eigenvalue weighted by molar-refractivity contribution is 8.02. The van der Waals surface area contributed by atoms with Crippen LogP contribution in [0.25, 0.3) is 0 Å². The fourth-order valence-electron chi connectivity index (χ4n) is 1.91. The van der Waals surface area contributed by atoms with Gasteiger partial charge in [0.2, 0.25) is 11.8 Å². The second kappa shape index (κ2) is 6.95. The number of nitrogens with one attached hydrogen (secondary N) is 2. The fourth-order valence-corrected chi connectivity index (χ4v) is 4.07. The first kappa shape index (κ1) is 15.8. The Balaban J connectivity index is 2.11. The smallest absolute Gasteiger partial charge is 0.240 e. The molecule has 0 atom stereocenters. The highest BCUT2D eigenvalue weighted by Crippen LogP contribution is 2.41. The van der Waals surface area contributed by atoms with Crippen LogP contribution in [0.3, 0.4) is 0 Å². The van der Waals surface area contributed by atoms with Crippen LogP contribution >= 0.6 is 23.1 Å². The maximum absolute atomic E-state index is 12.0. The Bertz CT molecular complexity index is 571. The first-order valence-electron chi connectivity index (χ1n) is 6.71. The van der Waals surface area contributed by atoms with Crippen molar-refractivity contribution in [2.45, 2.75) is 24.0 Å². The van der Waals surface area contributed by atoms with Gasteiger partial charge in [0.15, 0.2) is 0 Å². The van der Waals surface area contributed by atoms with E-state index in [1.807, 2.05) is 0 Å². The van der Waals surface area contributed by atoms with Gasteiger partial charge < -0.3 is 16.0 Å². The summed E-state index contributed by atoms with van der Waals surface area (Å²) in [5, 5.41) is 10.3. The molecule has 0 bridgehead atoms. The minimum atomic E-state index is -0.162. The molecule has 1 aliphatic rings. The predicted molar refractivity (Wildman–Crippen MR) is 86.3 cm³/mol. The van der Waals surface area contributed by atoms with Gasteiger partial charge in [-0.2, -0.15) is 0 Å². The molecule has 114 valence electrons. The summed E-state index contributed by atoms with van der Waals surface area (Å²) >= 11 is 2.82. The number of thioether (sulfide) groups is 1. The number of hydrogen-bond donors (Lipinski definition) is 3. The van der Waals surface area contributed by atoms with Crippen molar-refractivity contribution in [3.05, 3.63) is 10.9 Å². The Morgan fingerprint density at radius 2 is 2.33 bits per heavy atom. The highest BCUT2D eigenvalue weighted by atomic mass is 32.2. The number of anilines is 1. The summed E-state index contributed by atoms with van der Waals surface area (Å²) in [6, 6.07) is 1.71. The van der Waals surface area contributed by atoms with Crippen LogP contribution in [0.4, 0.5) is 5.69 Å². The van der Waals surface area contributed by atoms with Crippen LogP contribution in [-0.4, -0.2) is 36.5 Å². The zero-order valence-corrected chi connectivity index (χ0v) is 13.4. The molecular weight excluding hydrogens is 308 g/mol. The van der Waals surface area contributed by atoms with Crippen molar-refractivity contribution in [1.29, 1.82) is 5.41 Å². The normalized spacial score (nSPS) is 14.0. The third-order valence-electron chi connectivity index (χ3n) is 3.02. The zero-order valence-electron chi connectivity index (χ0n) is 11.8. The van der Waals surface area contributed by atoms with Crippen molar-refractivity contribution < 1.29 is 9.59 Å². The molecule has 2 heterocycles. The van der Waals surface area contributed by atoms with E-state index in [1.54, 1.807) is 6.07 Å². The highest BCUT2D eigenvalue weighted by Gasteiger charge is 2.29. The number of nitrogen functional groups attached to an aromatic ring is 1. The van der Waals surface area contributed by atoms with E-state index in [1.165, 1.54) is 28.0 Å². The summed E-state index contributed by atoms with van der Waals surface area (Å²) in [5.41, 5.74) is 6.18. The molecule has 0 spiro atoms. The van der Waals surface area contributed by atoms with Crippen molar-refractivity contribution in [2.75, 3.05) is 23.7 Å². The molecule has 0 saturated carbocycles. The summed E-state index contributed by atoms with van der Waals surface area (Å²) in [7, 11) is 0. The molecule has 8 heteroatoms. The predicted octanol–water partition coefficient (Wildman–Crippen LogP) is 1.39. The molecule has 0 fully saturated rings. The van der Waals surface area contributed by atoms with E-state index in [9.17, 15) is 9.59 Å². The summed E-state index contributed by atoms with van der Waals surface area (Å²) in [6.07, 6.45) is 1.93. The molecule has 0 aliphatic carbocycles. The Hall–Kier alpha value is -1.54. The maximum Gasteiger partial charge on any atom is 0.240 e. The van der Waals surface area contributed by atoms with Crippen molar-refractivity contribution in [3.8, 4) is 0 Å². The second-order valence-electron chi connectivity index (χ2n) is 4.67. The molecule has 0 radical (unpaired) electrons. The molecule has 0 unspecified atom stereocenters. The topological polar surface area (TPSA) is 99.3 Å². The molecule has 1 aromatic rings. The van der Waals surface area contributed by atoms with Crippen LogP contribution in [-0.2, 0) is 9.59 Å². The number of nitrogens with two attached hydrogens (primary N) is 1. The first-order chi connectivity index (χ1) is 10.0. The summed E-state index contributed by atoms with van der Waals surface area (Å²) in [4.78, 5) is 26.1. The van der Waals surface area contributed by atoms with Gasteiger partial charge in [0.1, 0.15) is 12.4 Å². The summed E-state index contributed by atoms with van der Waals surface area (Å²) in [6.45, 7) is 2.70. The van der Waals surface area contributed by atoms with Crippen molar-refractivity contribution in [2.24, 2.45) is 5.73 Å². The van der Waals surface area contributed by atoms with Gasteiger partial charge in [0.05, 0.1) is 20.5 Å². The number of rotatable bonds is 6. The lowest BCUT2D eigenvalue weighted by Gasteiger charge is -2.25. The minimum Gasteiger partial charge on any atom is -0.383 e. The summed E-state index contributed by atoms with van der Waals surface area (Å²) < 4.78 is 0.932. The van der Waals surface area contributed by atoms with E-state index in [2.05, 4.69) is 12.2 Å². The molecule has 1 aromatic heterocycles. The van der Waals surface area contributed by atoms with Gasteiger partial charge >= 0.3 is 0 Å². The van der Waals surface area contributed by atoms with Crippen LogP contribution in [0, 0.1) is 5.41 Å². The first-order valence-corrected chi connectivity index (χ1v) is 8.51. The van der Waals surface area contributed by atoms with Crippen molar-refractivity contribution in [1.82, 2.24) is 5.32 Å². The number of carbonyl (C=O) groups excluding carboxylic acids is 2. The number of amidine groups is 1. The fraction of sp³-hybridized carbons (Fsp3) is 0.462. The average molecular weight is 326 g/mol. The quantitative estimate of drug-likeness (QED) is 0.418. The molecule has 6 nitrogen and oxygen atoms in total. The van der Waals surface area contributed by atoms with E-state index in [0.717, 1.165) is 17.1 Å². The third-order valence-corrected chi connectivity index (χ3v) is 5.44. The lowest BCUT2D eigenvalue weighted by atomic mass is 10.3. The van der Waals surface area contributed by atoms with Crippen molar-refractivity contribution in [3.63, 3.8) is 0 Å². The number of fused-ring (bicyclic) bond motifs is 1. The largest absolute Gasteiger partial charge is 0.383 e. The molecule has 2 amide bonds. The van der Waals surface area contributed by atoms with E-state index < -0.39 is 0 Å². The monoisotopic (exact) mass is 326 g/mol. The van der Waals surface area contributed by atoms with Crippen LogP contribution in [0.15, 0.2) is 10.3 Å². The molecule has 0 aromatic carbocycles. The number of thiophene rings is 1.